The molecule has 0 saturated heterocycles. The van der Waals surface area contributed by atoms with Crippen LogP contribution >= 0.6 is 0 Å². The van der Waals surface area contributed by atoms with Gasteiger partial charge in [0.2, 0.25) is 5.78 Å². The van der Waals surface area contributed by atoms with Crippen LogP contribution in [0, 0.1) is 10.1 Å². The highest BCUT2D eigenvalue weighted by Crippen LogP contribution is 2.44. The summed E-state index contributed by atoms with van der Waals surface area (Å²) < 4.78 is 0. The quantitative estimate of drug-likeness (QED) is 0.283. The zero-order valence-corrected chi connectivity index (χ0v) is 14.2. The smallest absolute Gasteiger partial charge is 0.308 e. The van der Waals surface area contributed by atoms with Gasteiger partial charge in [0, 0.05) is 22.4 Å². The number of benzene rings is 3. The van der Waals surface area contributed by atoms with Gasteiger partial charge in [-0.25, -0.2) is 0 Å². The maximum Gasteiger partial charge on any atom is 0.308 e. The van der Waals surface area contributed by atoms with E-state index in [0.717, 1.165) is 12.1 Å². The minimum Gasteiger partial charge on any atom is -0.508 e. The molecule has 0 aromatic heterocycles. The molecule has 0 aliphatic heterocycles. The Kier molecular flexibility index (Phi) is 3.82. The average Bonchev–Trinajstić information content (AvgIpc) is 2.67. The number of hydrogen-bond donors (Lipinski definition) is 3. The molecule has 0 saturated carbocycles. The molecule has 3 aromatic carbocycles. The molecule has 1 aliphatic rings. The van der Waals surface area contributed by atoms with Crippen molar-refractivity contribution in [2.75, 3.05) is 5.32 Å². The first kappa shape index (κ1) is 17.2. The van der Waals surface area contributed by atoms with E-state index in [-0.39, 0.29) is 28.1 Å². The number of fused-ring (bicyclic) bond motifs is 2. The first-order chi connectivity index (χ1) is 13.4. The number of nitrogens with one attached hydrogen (secondary N) is 1. The van der Waals surface area contributed by atoms with Gasteiger partial charge in [0.15, 0.2) is 11.5 Å². The molecular formula is C20H12N2O6. The third kappa shape index (κ3) is 2.55. The summed E-state index contributed by atoms with van der Waals surface area (Å²) in [6, 6.07) is 13.0. The fourth-order valence-corrected chi connectivity index (χ4v) is 3.23. The van der Waals surface area contributed by atoms with Gasteiger partial charge in [-0.1, -0.05) is 18.2 Å². The summed E-state index contributed by atoms with van der Waals surface area (Å²) in [5.41, 5.74) is -1.31. The maximum atomic E-state index is 13.0. The van der Waals surface area contributed by atoms with Gasteiger partial charge >= 0.3 is 5.69 Å². The number of carbonyl (C=O) groups is 2. The second-order valence-corrected chi connectivity index (χ2v) is 6.18. The van der Waals surface area contributed by atoms with Crippen LogP contribution < -0.4 is 5.32 Å². The van der Waals surface area contributed by atoms with E-state index in [0.29, 0.717) is 5.69 Å². The van der Waals surface area contributed by atoms with Crippen molar-refractivity contribution in [1.29, 1.82) is 0 Å². The van der Waals surface area contributed by atoms with Gasteiger partial charge in [-0.05, 0) is 36.4 Å². The number of nitro groups is 1. The van der Waals surface area contributed by atoms with E-state index >= 15 is 0 Å². The predicted molar refractivity (Wildman–Crippen MR) is 99.5 cm³/mol. The molecule has 1 aliphatic carbocycles. The van der Waals surface area contributed by atoms with Crippen molar-refractivity contribution >= 4 is 28.6 Å². The summed E-state index contributed by atoms with van der Waals surface area (Å²) in [6.07, 6.45) is 0. The molecule has 138 valence electrons. The van der Waals surface area contributed by atoms with Gasteiger partial charge in [-0.15, -0.1) is 0 Å². The molecule has 8 heteroatoms. The number of rotatable bonds is 3. The fourth-order valence-electron chi connectivity index (χ4n) is 3.23. The van der Waals surface area contributed by atoms with Crippen molar-refractivity contribution in [3.05, 3.63) is 87.0 Å². The number of carbonyl (C=O) groups excluding carboxylic acids is 2. The maximum absolute atomic E-state index is 13.0. The van der Waals surface area contributed by atoms with E-state index in [2.05, 4.69) is 5.32 Å². The number of nitrogens with zero attached hydrogens (tertiary/aromatic N) is 1. The Morgan fingerprint density at radius 2 is 1.57 bits per heavy atom. The Labute approximate surface area is 157 Å². The summed E-state index contributed by atoms with van der Waals surface area (Å²) >= 11 is 0. The van der Waals surface area contributed by atoms with E-state index in [1.54, 1.807) is 30.3 Å². The minimum atomic E-state index is -0.805. The van der Waals surface area contributed by atoms with Crippen LogP contribution in [0.5, 0.6) is 11.5 Å². The van der Waals surface area contributed by atoms with Crippen molar-refractivity contribution in [2.45, 2.75) is 0 Å². The van der Waals surface area contributed by atoms with Crippen LogP contribution in [0.3, 0.4) is 0 Å². The van der Waals surface area contributed by atoms with Crippen LogP contribution in [0.1, 0.15) is 31.8 Å². The summed E-state index contributed by atoms with van der Waals surface area (Å²) in [6.45, 7) is 0. The molecule has 0 fully saturated rings. The first-order valence-electron chi connectivity index (χ1n) is 8.17. The highest BCUT2D eigenvalue weighted by molar-refractivity contribution is 6.30. The molecule has 4 rings (SSSR count). The molecule has 0 unspecified atom stereocenters. The zero-order valence-electron chi connectivity index (χ0n) is 14.2. The molecule has 0 heterocycles. The van der Waals surface area contributed by atoms with Gasteiger partial charge < -0.3 is 15.5 Å². The number of aromatic hydroxyl groups is 2. The Morgan fingerprint density at radius 3 is 2.25 bits per heavy atom. The second kappa shape index (κ2) is 6.20. The van der Waals surface area contributed by atoms with Gasteiger partial charge in [-0.3, -0.25) is 19.7 Å². The number of phenolic OH excluding ortho intramolecular Hbond substituents is 2. The summed E-state index contributed by atoms with van der Waals surface area (Å²) in [4.78, 5) is 36.7. The van der Waals surface area contributed by atoms with Gasteiger partial charge in [0.1, 0.15) is 17.1 Å². The number of para-hydroxylation sites is 1. The SMILES string of the molecule is O=C1c2cc(O)ccc2C(=O)c2c1cc(O)c(Nc1ccccc1)c2[N+](=O)[O-]. The van der Waals surface area contributed by atoms with Crippen LogP contribution in [0.4, 0.5) is 17.1 Å². The minimum absolute atomic E-state index is 0.0465. The van der Waals surface area contributed by atoms with E-state index in [1.165, 1.54) is 12.1 Å². The second-order valence-electron chi connectivity index (χ2n) is 6.18. The molecule has 0 amide bonds. The molecule has 0 spiro atoms. The molecule has 0 atom stereocenters. The Balaban J connectivity index is 1.98. The highest BCUT2D eigenvalue weighted by Gasteiger charge is 2.39. The lowest BCUT2D eigenvalue weighted by atomic mass is 9.82. The topological polar surface area (TPSA) is 130 Å². The van der Waals surface area contributed by atoms with Crippen molar-refractivity contribution in [3.63, 3.8) is 0 Å². The number of phenols is 2. The van der Waals surface area contributed by atoms with Gasteiger partial charge in [-0.2, -0.15) is 0 Å². The predicted octanol–water partition coefficient (Wildman–Crippen LogP) is 3.53. The lowest BCUT2D eigenvalue weighted by Gasteiger charge is -2.20. The van der Waals surface area contributed by atoms with Crippen molar-refractivity contribution in [2.24, 2.45) is 0 Å². The molecule has 3 aromatic rings. The third-order valence-electron chi connectivity index (χ3n) is 4.47. The largest absolute Gasteiger partial charge is 0.508 e. The fraction of sp³-hybridized carbons (Fsp3) is 0. The van der Waals surface area contributed by atoms with Gasteiger partial charge in [0.05, 0.1) is 4.92 Å². The zero-order chi connectivity index (χ0) is 20.0. The average molecular weight is 376 g/mol. The molecule has 0 bridgehead atoms. The standard InChI is InChI=1S/C20H12N2O6/c23-11-6-7-12-13(8-11)19(25)14-9-15(24)17(21-10-4-2-1-3-5-10)18(22(27)28)16(14)20(12)26/h1-9,21,23-24H. The molecule has 0 radical (unpaired) electrons. The highest BCUT2D eigenvalue weighted by atomic mass is 16.6. The number of nitro benzene ring substituents is 1. The van der Waals surface area contributed by atoms with Crippen LogP contribution in [-0.2, 0) is 0 Å². The summed E-state index contributed by atoms with van der Waals surface area (Å²) in [7, 11) is 0. The Hall–Kier alpha value is -4.20. The summed E-state index contributed by atoms with van der Waals surface area (Å²) in [5.74, 6) is -2.18. The van der Waals surface area contributed by atoms with E-state index in [9.17, 15) is 29.9 Å². The summed E-state index contributed by atoms with van der Waals surface area (Å²) in [5, 5.41) is 34.6. The molecule has 3 N–H and O–H groups in total. The lowest BCUT2D eigenvalue weighted by Crippen LogP contribution is -2.22. The number of anilines is 2. The van der Waals surface area contributed by atoms with E-state index in [1.807, 2.05) is 0 Å². The number of hydrogen-bond acceptors (Lipinski definition) is 7. The third-order valence-corrected chi connectivity index (χ3v) is 4.47. The molecule has 28 heavy (non-hydrogen) atoms. The molecular weight excluding hydrogens is 364 g/mol. The normalized spacial score (nSPS) is 12.3. The van der Waals surface area contributed by atoms with Crippen LogP contribution in [0.15, 0.2) is 54.6 Å². The monoisotopic (exact) mass is 376 g/mol. The van der Waals surface area contributed by atoms with Crippen LogP contribution in [-0.4, -0.2) is 26.7 Å². The van der Waals surface area contributed by atoms with Gasteiger partial charge in [0.25, 0.3) is 0 Å². The van der Waals surface area contributed by atoms with E-state index in [4.69, 9.17) is 0 Å². The van der Waals surface area contributed by atoms with Crippen LogP contribution in [0.2, 0.25) is 0 Å². The van der Waals surface area contributed by atoms with Crippen molar-refractivity contribution in [3.8, 4) is 11.5 Å². The van der Waals surface area contributed by atoms with E-state index < -0.39 is 33.5 Å². The Bertz CT molecular complexity index is 1170. The molecule has 8 nitrogen and oxygen atoms in total. The number of ketones is 2. The van der Waals surface area contributed by atoms with Crippen molar-refractivity contribution < 1.29 is 24.7 Å². The Morgan fingerprint density at radius 1 is 0.857 bits per heavy atom. The first-order valence-corrected chi connectivity index (χ1v) is 8.17. The lowest BCUT2D eigenvalue weighted by molar-refractivity contribution is -0.384. The van der Waals surface area contributed by atoms with Crippen LogP contribution in [0.25, 0.3) is 0 Å². The van der Waals surface area contributed by atoms with Crippen molar-refractivity contribution in [1.82, 2.24) is 0 Å².